The van der Waals surface area contributed by atoms with Crippen LogP contribution in [0.1, 0.15) is 19.3 Å². The molecule has 2 aliphatic heterocycles. The predicted octanol–water partition coefficient (Wildman–Crippen LogP) is 0.212. The Balaban J connectivity index is 0.00000144. The minimum atomic E-state index is -3.12. The molecule has 7 heteroatoms. The van der Waals surface area contributed by atoms with Gasteiger partial charge < -0.3 is 10.1 Å². The van der Waals surface area contributed by atoms with Crippen molar-refractivity contribution in [3.63, 3.8) is 0 Å². The fourth-order valence-electron chi connectivity index (χ4n) is 2.22. The monoisotopic (exact) mass is 284 g/mol. The number of halogens is 1. The second-order valence-corrected chi connectivity index (χ2v) is 6.43. The molecule has 5 nitrogen and oxygen atoms in total. The van der Waals surface area contributed by atoms with E-state index in [-0.39, 0.29) is 24.3 Å². The van der Waals surface area contributed by atoms with Crippen molar-refractivity contribution in [2.75, 3.05) is 38.5 Å². The normalized spacial score (nSPS) is 27.4. The molecule has 2 aliphatic rings. The van der Waals surface area contributed by atoms with Gasteiger partial charge >= 0.3 is 0 Å². The van der Waals surface area contributed by atoms with Crippen molar-refractivity contribution in [1.82, 2.24) is 9.62 Å². The van der Waals surface area contributed by atoms with Crippen LogP contribution in [0.5, 0.6) is 0 Å². The van der Waals surface area contributed by atoms with Crippen LogP contribution in [-0.4, -0.2) is 57.4 Å². The number of nitrogens with one attached hydrogen (secondary N) is 1. The summed E-state index contributed by atoms with van der Waals surface area (Å²) in [6, 6.07) is 0. The van der Waals surface area contributed by atoms with Crippen molar-refractivity contribution in [2.24, 2.45) is 0 Å². The Kier molecular flexibility index (Phi) is 6.16. The Bertz CT molecular complexity index is 310. The fourth-order valence-corrected chi connectivity index (χ4v) is 3.94. The molecule has 1 unspecified atom stereocenters. The van der Waals surface area contributed by atoms with E-state index in [0.717, 1.165) is 32.4 Å². The third-order valence-corrected chi connectivity index (χ3v) is 5.06. The zero-order chi connectivity index (χ0) is 11.4. The molecule has 0 aromatic carbocycles. The van der Waals surface area contributed by atoms with Crippen LogP contribution in [0.25, 0.3) is 0 Å². The first-order valence-corrected chi connectivity index (χ1v) is 7.59. The Morgan fingerprint density at radius 3 is 2.76 bits per heavy atom. The maximum Gasteiger partial charge on any atom is 0.216 e. The molecule has 102 valence electrons. The third kappa shape index (κ3) is 4.37. The summed E-state index contributed by atoms with van der Waals surface area (Å²) in [5.41, 5.74) is 0. The largest absolute Gasteiger partial charge is 0.377 e. The highest BCUT2D eigenvalue weighted by Crippen LogP contribution is 2.16. The summed E-state index contributed by atoms with van der Waals surface area (Å²) < 4.78 is 31.2. The standard InChI is InChI=1S/C10H20N2O3S.ClH/c13-16(14,9-10-3-1-8-15-10)12-6-2-4-11-5-7-12;/h10-11H,1-9H2;1H. The van der Waals surface area contributed by atoms with Crippen LogP contribution in [0, 0.1) is 0 Å². The van der Waals surface area contributed by atoms with Crippen molar-refractivity contribution < 1.29 is 13.2 Å². The van der Waals surface area contributed by atoms with Gasteiger partial charge in [-0.25, -0.2) is 12.7 Å². The molecule has 17 heavy (non-hydrogen) atoms. The van der Waals surface area contributed by atoms with Gasteiger partial charge in [0.1, 0.15) is 0 Å². The summed E-state index contributed by atoms with van der Waals surface area (Å²) in [5, 5.41) is 3.21. The minimum Gasteiger partial charge on any atom is -0.377 e. The van der Waals surface area contributed by atoms with E-state index in [2.05, 4.69) is 5.32 Å². The molecule has 0 radical (unpaired) electrons. The quantitative estimate of drug-likeness (QED) is 0.805. The second-order valence-electron chi connectivity index (χ2n) is 4.42. The highest BCUT2D eigenvalue weighted by Gasteiger charge is 2.28. The average molecular weight is 285 g/mol. The van der Waals surface area contributed by atoms with Crippen molar-refractivity contribution in [3.05, 3.63) is 0 Å². The minimum absolute atomic E-state index is 0. The molecule has 0 amide bonds. The van der Waals surface area contributed by atoms with Gasteiger partial charge in [-0.1, -0.05) is 0 Å². The Labute approximate surface area is 109 Å². The zero-order valence-electron chi connectivity index (χ0n) is 9.93. The van der Waals surface area contributed by atoms with Crippen LogP contribution in [0.3, 0.4) is 0 Å². The fraction of sp³-hybridized carbons (Fsp3) is 1.00. The number of nitrogens with zero attached hydrogens (tertiary/aromatic N) is 1. The number of hydrogen-bond donors (Lipinski definition) is 1. The Hall–Kier alpha value is 0.120. The molecule has 0 aromatic heterocycles. The zero-order valence-corrected chi connectivity index (χ0v) is 11.6. The lowest BCUT2D eigenvalue weighted by Gasteiger charge is -2.21. The van der Waals surface area contributed by atoms with E-state index >= 15 is 0 Å². The van der Waals surface area contributed by atoms with Gasteiger partial charge in [-0.15, -0.1) is 12.4 Å². The molecular formula is C10H21ClN2O3S. The first-order chi connectivity index (χ1) is 7.68. The summed E-state index contributed by atoms with van der Waals surface area (Å²) in [4.78, 5) is 0. The molecule has 1 N–H and O–H groups in total. The van der Waals surface area contributed by atoms with E-state index in [9.17, 15) is 8.42 Å². The summed E-state index contributed by atoms with van der Waals surface area (Å²) in [6.07, 6.45) is 2.68. The van der Waals surface area contributed by atoms with Crippen LogP contribution >= 0.6 is 12.4 Å². The van der Waals surface area contributed by atoms with Gasteiger partial charge in [0.15, 0.2) is 0 Å². The van der Waals surface area contributed by atoms with Gasteiger partial charge in [-0.05, 0) is 25.8 Å². The van der Waals surface area contributed by atoms with Crippen LogP contribution in [0.2, 0.25) is 0 Å². The number of rotatable bonds is 3. The lowest BCUT2D eigenvalue weighted by Crippen LogP contribution is -2.38. The third-order valence-electron chi connectivity index (χ3n) is 3.11. The van der Waals surface area contributed by atoms with Crippen molar-refractivity contribution in [1.29, 1.82) is 0 Å². The molecule has 2 fully saturated rings. The molecule has 0 saturated carbocycles. The van der Waals surface area contributed by atoms with Crippen LogP contribution in [0.15, 0.2) is 0 Å². The molecule has 1 atom stereocenters. The highest BCUT2D eigenvalue weighted by molar-refractivity contribution is 7.89. The summed E-state index contributed by atoms with van der Waals surface area (Å²) >= 11 is 0. The summed E-state index contributed by atoms with van der Waals surface area (Å²) in [5.74, 6) is 0.160. The van der Waals surface area contributed by atoms with E-state index in [0.29, 0.717) is 19.7 Å². The molecule has 0 spiro atoms. The molecule has 2 saturated heterocycles. The molecule has 0 aromatic rings. The molecule has 2 heterocycles. The average Bonchev–Trinajstić information content (AvgIpc) is 2.56. The first kappa shape index (κ1) is 15.2. The van der Waals surface area contributed by atoms with Gasteiger partial charge in [0, 0.05) is 26.2 Å². The van der Waals surface area contributed by atoms with Crippen molar-refractivity contribution in [3.8, 4) is 0 Å². The van der Waals surface area contributed by atoms with E-state index in [1.165, 1.54) is 0 Å². The second kappa shape index (κ2) is 6.89. The SMILES string of the molecule is Cl.O=S(=O)(CC1CCCO1)N1CCCNCC1. The molecule has 0 bridgehead atoms. The summed E-state index contributed by atoms with van der Waals surface area (Å²) in [7, 11) is -3.12. The van der Waals surface area contributed by atoms with Gasteiger partial charge in [0.25, 0.3) is 0 Å². The smallest absolute Gasteiger partial charge is 0.216 e. The predicted molar refractivity (Wildman–Crippen MR) is 69.1 cm³/mol. The van der Waals surface area contributed by atoms with E-state index < -0.39 is 10.0 Å². The summed E-state index contributed by atoms with van der Waals surface area (Å²) in [6.45, 7) is 3.61. The number of hydrogen-bond acceptors (Lipinski definition) is 4. The molecular weight excluding hydrogens is 264 g/mol. The van der Waals surface area contributed by atoms with Crippen LogP contribution in [-0.2, 0) is 14.8 Å². The highest BCUT2D eigenvalue weighted by atomic mass is 35.5. The molecule has 0 aliphatic carbocycles. The topological polar surface area (TPSA) is 58.6 Å². The van der Waals surface area contributed by atoms with Crippen LogP contribution in [0.4, 0.5) is 0 Å². The lowest BCUT2D eigenvalue weighted by molar-refractivity contribution is 0.126. The van der Waals surface area contributed by atoms with Gasteiger partial charge in [-0.2, -0.15) is 0 Å². The maximum absolute atomic E-state index is 12.1. The van der Waals surface area contributed by atoms with Gasteiger partial charge in [0.2, 0.25) is 10.0 Å². The van der Waals surface area contributed by atoms with E-state index in [1.54, 1.807) is 4.31 Å². The lowest BCUT2D eigenvalue weighted by atomic mass is 10.3. The number of ether oxygens (including phenoxy) is 1. The van der Waals surface area contributed by atoms with E-state index in [1.807, 2.05) is 0 Å². The van der Waals surface area contributed by atoms with E-state index in [4.69, 9.17) is 4.74 Å². The van der Waals surface area contributed by atoms with Crippen LogP contribution < -0.4 is 5.32 Å². The Morgan fingerprint density at radius 1 is 1.24 bits per heavy atom. The Morgan fingerprint density at radius 2 is 2.06 bits per heavy atom. The molecule has 2 rings (SSSR count). The first-order valence-electron chi connectivity index (χ1n) is 5.99. The van der Waals surface area contributed by atoms with Crippen molar-refractivity contribution in [2.45, 2.75) is 25.4 Å². The maximum atomic E-state index is 12.1. The van der Waals surface area contributed by atoms with Crippen molar-refractivity contribution >= 4 is 22.4 Å². The van der Waals surface area contributed by atoms with Gasteiger partial charge in [0.05, 0.1) is 11.9 Å². The van der Waals surface area contributed by atoms with Gasteiger partial charge in [-0.3, -0.25) is 0 Å². The number of sulfonamides is 1.